The molecular formula is C19H22N4O5. The number of rotatable bonds is 9. The van der Waals surface area contributed by atoms with Crippen LogP contribution in [0.1, 0.15) is 65.7 Å². The van der Waals surface area contributed by atoms with Gasteiger partial charge in [0.1, 0.15) is 18.1 Å². The van der Waals surface area contributed by atoms with Crippen molar-refractivity contribution < 1.29 is 24.0 Å². The molecule has 0 bridgehead atoms. The van der Waals surface area contributed by atoms with Gasteiger partial charge in [0.25, 0.3) is 11.8 Å². The number of unbranched alkanes of at least 4 members (excludes halogenated alkanes) is 4. The van der Waals surface area contributed by atoms with Gasteiger partial charge >= 0.3 is 0 Å². The fourth-order valence-electron chi connectivity index (χ4n) is 3.46. The molecule has 2 N–H and O–H groups in total. The summed E-state index contributed by atoms with van der Waals surface area (Å²) in [7, 11) is 0. The molecule has 1 atom stereocenters. The lowest BCUT2D eigenvalue weighted by atomic mass is 10.0. The van der Waals surface area contributed by atoms with Crippen molar-refractivity contribution in [1.29, 1.82) is 0 Å². The highest BCUT2D eigenvalue weighted by molar-refractivity contribution is 6.25. The van der Waals surface area contributed by atoms with Crippen LogP contribution in [0.15, 0.2) is 12.3 Å². The standard InChI is InChI=1S/C19H22N4O5/c24-11-5-3-1-2-4-9-20-16-15-12(8-10-21-16)18(27)23(19(15)28)13-6-7-14(25)22-17(13)26/h8,10-11,13H,1-7,9H2,(H,20,21)(H,22,25,26). The van der Waals surface area contributed by atoms with Crippen LogP contribution in [0.25, 0.3) is 0 Å². The summed E-state index contributed by atoms with van der Waals surface area (Å²) < 4.78 is 0. The van der Waals surface area contributed by atoms with Crippen molar-refractivity contribution in [2.24, 2.45) is 0 Å². The third-order valence-electron chi connectivity index (χ3n) is 4.90. The SMILES string of the molecule is O=CCCCCCCNc1nccc2c1C(=O)N(C1CCC(=O)NC1=O)C2=O. The molecule has 2 aliphatic heterocycles. The lowest BCUT2D eigenvalue weighted by Crippen LogP contribution is -2.54. The number of hydrogen-bond acceptors (Lipinski definition) is 7. The van der Waals surface area contributed by atoms with Crippen LogP contribution in [-0.2, 0) is 14.4 Å². The van der Waals surface area contributed by atoms with Crippen LogP contribution in [0.4, 0.5) is 5.82 Å². The zero-order chi connectivity index (χ0) is 20.1. The molecule has 4 amide bonds. The summed E-state index contributed by atoms with van der Waals surface area (Å²) in [5.41, 5.74) is 0.372. The van der Waals surface area contributed by atoms with Gasteiger partial charge in [-0.3, -0.25) is 29.4 Å². The first-order valence-corrected chi connectivity index (χ1v) is 9.42. The first-order chi connectivity index (χ1) is 13.5. The van der Waals surface area contributed by atoms with Gasteiger partial charge in [0, 0.05) is 25.6 Å². The van der Waals surface area contributed by atoms with E-state index in [2.05, 4.69) is 15.6 Å². The van der Waals surface area contributed by atoms with Crippen LogP contribution < -0.4 is 10.6 Å². The molecule has 9 nitrogen and oxygen atoms in total. The van der Waals surface area contributed by atoms with Gasteiger partial charge in [-0.1, -0.05) is 12.8 Å². The Hall–Kier alpha value is -3.10. The van der Waals surface area contributed by atoms with Crippen molar-refractivity contribution in [3.8, 4) is 0 Å². The number of imide groups is 2. The van der Waals surface area contributed by atoms with Crippen LogP contribution in [0.3, 0.4) is 0 Å². The van der Waals surface area contributed by atoms with Crippen LogP contribution in [0.2, 0.25) is 0 Å². The van der Waals surface area contributed by atoms with Crippen molar-refractivity contribution in [2.75, 3.05) is 11.9 Å². The Kier molecular flexibility index (Phi) is 6.13. The summed E-state index contributed by atoms with van der Waals surface area (Å²) in [6.45, 7) is 0.574. The van der Waals surface area contributed by atoms with Gasteiger partial charge in [-0.15, -0.1) is 0 Å². The predicted molar refractivity (Wildman–Crippen MR) is 98.5 cm³/mol. The molecule has 0 saturated carbocycles. The third kappa shape index (κ3) is 3.92. The Bertz CT molecular complexity index is 823. The number of aromatic nitrogens is 1. The zero-order valence-electron chi connectivity index (χ0n) is 15.4. The minimum absolute atomic E-state index is 0.0806. The summed E-state index contributed by atoms with van der Waals surface area (Å²) in [6.07, 6.45) is 6.70. The lowest BCUT2D eigenvalue weighted by Gasteiger charge is -2.27. The van der Waals surface area contributed by atoms with E-state index in [0.29, 0.717) is 18.8 Å². The molecule has 3 heterocycles. The highest BCUT2D eigenvalue weighted by Gasteiger charge is 2.45. The van der Waals surface area contributed by atoms with Crippen molar-refractivity contribution in [3.63, 3.8) is 0 Å². The maximum atomic E-state index is 12.9. The number of piperidine rings is 1. The normalized spacial score (nSPS) is 18.9. The van der Waals surface area contributed by atoms with Crippen LogP contribution in [0.5, 0.6) is 0 Å². The van der Waals surface area contributed by atoms with Gasteiger partial charge in [0.15, 0.2) is 0 Å². The number of fused-ring (bicyclic) bond motifs is 1. The fraction of sp³-hybridized carbons (Fsp3) is 0.474. The summed E-state index contributed by atoms with van der Waals surface area (Å²) in [6, 6.07) is 0.474. The largest absolute Gasteiger partial charge is 0.369 e. The number of amides is 4. The van der Waals surface area contributed by atoms with E-state index in [0.717, 1.165) is 36.9 Å². The Morgan fingerprint density at radius 1 is 1.14 bits per heavy atom. The second kappa shape index (κ2) is 8.73. The number of aldehydes is 1. The molecule has 0 aliphatic carbocycles. The number of nitrogens with zero attached hydrogens (tertiary/aromatic N) is 2. The van der Waals surface area contributed by atoms with Crippen molar-refractivity contribution in [1.82, 2.24) is 15.2 Å². The highest BCUT2D eigenvalue weighted by Crippen LogP contribution is 2.31. The number of anilines is 1. The second-order valence-corrected chi connectivity index (χ2v) is 6.83. The Labute approximate surface area is 161 Å². The molecule has 0 radical (unpaired) electrons. The molecule has 2 aliphatic rings. The van der Waals surface area contributed by atoms with Crippen molar-refractivity contribution in [3.05, 3.63) is 23.4 Å². The second-order valence-electron chi connectivity index (χ2n) is 6.83. The molecular weight excluding hydrogens is 364 g/mol. The van der Waals surface area contributed by atoms with Gasteiger partial charge in [-0.2, -0.15) is 0 Å². The molecule has 1 aromatic rings. The maximum Gasteiger partial charge on any atom is 0.266 e. The smallest absolute Gasteiger partial charge is 0.266 e. The Morgan fingerprint density at radius 3 is 2.68 bits per heavy atom. The molecule has 9 heteroatoms. The highest BCUT2D eigenvalue weighted by atomic mass is 16.2. The van der Waals surface area contributed by atoms with E-state index in [1.54, 1.807) is 0 Å². The van der Waals surface area contributed by atoms with Crippen LogP contribution in [-0.4, -0.2) is 52.4 Å². The van der Waals surface area contributed by atoms with E-state index in [1.807, 2.05) is 0 Å². The van der Waals surface area contributed by atoms with Gasteiger partial charge in [0.05, 0.1) is 11.1 Å². The number of carbonyl (C=O) groups excluding carboxylic acids is 5. The fourth-order valence-corrected chi connectivity index (χ4v) is 3.46. The molecule has 1 saturated heterocycles. The summed E-state index contributed by atoms with van der Waals surface area (Å²) in [4.78, 5) is 64.5. The van der Waals surface area contributed by atoms with Gasteiger partial charge in [0.2, 0.25) is 11.8 Å². The molecule has 1 unspecified atom stereocenters. The van der Waals surface area contributed by atoms with E-state index in [4.69, 9.17) is 0 Å². The summed E-state index contributed by atoms with van der Waals surface area (Å²) in [5, 5.41) is 5.27. The number of hydrogen-bond donors (Lipinski definition) is 2. The topological polar surface area (TPSA) is 126 Å². The van der Waals surface area contributed by atoms with E-state index in [-0.39, 0.29) is 24.0 Å². The molecule has 1 fully saturated rings. The molecule has 0 aromatic carbocycles. The monoisotopic (exact) mass is 386 g/mol. The van der Waals surface area contributed by atoms with Crippen LogP contribution in [0, 0.1) is 0 Å². The molecule has 1 aromatic heterocycles. The van der Waals surface area contributed by atoms with Crippen molar-refractivity contribution >= 4 is 35.7 Å². The predicted octanol–water partition coefficient (Wildman–Crippen LogP) is 1.04. The third-order valence-corrected chi connectivity index (χ3v) is 4.90. The average Bonchev–Trinajstić information content (AvgIpc) is 2.93. The average molecular weight is 386 g/mol. The van der Waals surface area contributed by atoms with Gasteiger partial charge < -0.3 is 10.1 Å². The van der Waals surface area contributed by atoms with Crippen LogP contribution >= 0.6 is 0 Å². The summed E-state index contributed by atoms with van der Waals surface area (Å²) in [5.74, 6) is -1.85. The Morgan fingerprint density at radius 2 is 1.93 bits per heavy atom. The number of carbonyl (C=O) groups is 5. The first kappa shape index (κ1) is 19.7. The van der Waals surface area contributed by atoms with Gasteiger partial charge in [-0.05, 0) is 25.3 Å². The molecule has 148 valence electrons. The lowest BCUT2D eigenvalue weighted by molar-refractivity contribution is -0.136. The number of pyridine rings is 1. The zero-order valence-corrected chi connectivity index (χ0v) is 15.4. The quantitative estimate of drug-likeness (QED) is 0.369. The minimum atomic E-state index is -0.990. The molecule has 3 rings (SSSR count). The van der Waals surface area contributed by atoms with Gasteiger partial charge in [-0.25, -0.2) is 4.98 Å². The molecule has 0 spiro atoms. The number of nitrogens with one attached hydrogen (secondary N) is 2. The minimum Gasteiger partial charge on any atom is -0.369 e. The maximum absolute atomic E-state index is 12.9. The Balaban J connectivity index is 1.67. The van der Waals surface area contributed by atoms with E-state index in [9.17, 15) is 24.0 Å². The molecule has 28 heavy (non-hydrogen) atoms. The van der Waals surface area contributed by atoms with Crippen molar-refractivity contribution in [2.45, 2.75) is 51.0 Å². The summed E-state index contributed by atoms with van der Waals surface area (Å²) >= 11 is 0. The first-order valence-electron chi connectivity index (χ1n) is 9.42. The van der Waals surface area contributed by atoms with E-state index >= 15 is 0 Å². The van der Waals surface area contributed by atoms with E-state index in [1.165, 1.54) is 12.3 Å². The van der Waals surface area contributed by atoms with E-state index < -0.39 is 29.7 Å².